The van der Waals surface area contributed by atoms with E-state index < -0.39 is 10.1 Å². The molecule has 0 spiro atoms. The summed E-state index contributed by atoms with van der Waals surface area (Å²) >= 11 is 0. The Bertz CT molecular complexity index is 766. The van der Waals surface area contributed by atoms with Gasteiger partial charge in [-0.1, -0.05) is 6.07 Å². The van der Waals surface area contributed by atoms with E-state index in [2.05, 4.69) is 10.2 Å². The first kappa shape index (κ1) is 24.1. The van der Waals surface area contributed by atoms with Gasteiger partial charge in [0.05, 0.1) is 12.8 Å². The molecule has 0 aromatic heterocycles. The molecule has 0 atom stereocenters. The topological polar surface area (TPSA) is 79.0 Å². The molecule has 160 valence electrons. The third-order valence-electron chi connectivity index (χ3n) is 4.13. The highest BCUT2D eigenvalue weighted by atomic mass is 32.2. The van der Waals surface area contributed by atoms with Crippen LogP contribution in [0, 0.1) is 0 Å². The summed E-state index contributed by atoms with van der Waals surface area (Å²) in [7, 11) is -3.70. The van der Waals surface area contributed by atoms with Crippen LogP contribution in [0.4, 0.5) is 10.5 Å². The first-order valence-corrected chi connectivity index (χ1v) is 11.4. The lowest BCUT2D eigenvalue weighted by atomic mass is 10.1. The Balaban J connectivity index is 3.30. The Hall–Kier alpha value is -1.96. The summed E-state index contributed by atoms with van der Waals surface area (Å²) in [6.07, 6.45) is 1.02. The molecule has 1 N–H and O–H groups in total. The van der Waals surface area contributed by atoms with Crippen LogP contribution in [0.3, 0.4) is 0 Å². The van der Waals surface area contributed by atoms with E-state index in [0.717, 1.165) is 25.0 Å². The van der Waals surface area contributed by atoms with Gasteiger partial charge in [0.1, 0.15) is 5.75 Å². The van der Waals surface area contributed by atoms with Gasteiger partial charge in [-0.25, -0.2) is 4.79 Å². The fourth-order valence-corrected chi connectivity index (χ4v) is 3.25. The van der Waals surface area contributed by atoms with Crippen molar-refractivity contribution in [2.75, 3.05) is 24.2 Å². The second-order valence-electron chi connectivity index (χ2n) is 8.15. The van der Waals surface area contributed by atoms with Crippen molar-refractivity contribution in [2.45, 2.75) is 66.6 Å². The minimum absolute atomic E-state index is 0.0732. The first-order chi connectivity index (χ1) is 12.8. The standard InChI is InChI=1S/C20H35N3O4S/c1-9-22(10-2)17-12-11-16(18(13-17)27-28(8,25)26)14-23(15(3)4)19(24)21-20(5,6)7/h11-13,15H,9-10,14H2,1-8H3,(H,21,24). The van der Waals surface area contributed by atoms with E-state index in [9.17, 15) is 13.2 Å². The summed E-state index contributed by atoms with van der Waals surface area (Å²) in [5.74, 6) is 0.251. The monoisotopic (exact) mass is 413 g/mol. The average molecular weight is 414 g/mol. The summed E-state index contributed by atoms with van der Waals surface area (Å²) in [6.45, 7) is 15.5. The van der Waals surface area contributed by atoms with Crippen LogP contribution in [0.1, 0.15) is 54.0 Å². The predicted molar refractivity (Wildman–Crippen MR) is 114 cm³/mol. The van der Waals surface area contributed by atoms with E-state index >= 15 is 0 Å². The molecule has 0 radical (unpaired) electrons. The lowest BCUT2D eigenvalue weighted by Crippen LogP contribution is -2.50. The number of carbonyl (C=O) groups is 1. The van der Waals surface area contributed by atoms with Gasteiger partial charge in [0.2, 0.25) is 0 Å². The lowest BCUT2D eigenvalue weighted by molar-refractivity contribution is 0.171. The molecule has 7 nitrogen and oxygen atoms in total. The summed E-state index contributed by atoms with van der Waals surface area (Å²) in [4.78, 5) is 16.5. The van der Waals surface area contributed by atoms with Crippen molar-refractivity contribution in [3.8, 4) is 5.75 Å². The average Bonchev–Trinajstić information content (AvgIpc) is 2.51. The van der Waals surface area contributed by atoms with Crippen molar-refractivity contribution < 1.29 is 17.4 Å². The zero-order valence-electron chi connectivity index (χ0n) is 18.4. The van der Waals surface area contributed by atoms with E-state index in [1.54, 1.807) is 11.0 Å². The van der Waals surface area contributed by atoms with Gasteiger partial charge in [-0.3, -0.25) is 0 Å². The van der Waals surface area contributed by atoms with Gasteiger partial charge in [0.25, 0.3) is 0 Å². The quantitative estimate of drug-likeness (QED) is 0.659. The third kappa shape index (κ3) is 7.58. The van der Waals surface area contributed by atoms with Crippen molar-refractivity contribution >= 4 is 21.8 Å². The number of nitrogens with zero attached hydrogens (tertiary/aromatic N) is 2. The largest absolute Gasteiger partial charge is 0.382 e. The van der Waals surface area contributed by atoms with E-state index in [-0.39, 0.29) is 29.9 Å². The van der Waals surface area contributed by atoms with Crippen LogP contribution in [0.25, 0.3) is 0 Å². The van der Waals surface area contributed by atoms with Gasteiger partial charge in [0, 0.05) is 42.0 Å². The normalized spacial score (nSPS) is 12.0. The number of nitrogens with one attached hydrogen (secondary N) is 1. The summed E-state index contributed by atoms with van der Waals surface area (Å²) < 4.78 is 28.8. The van der Waals surface area contributed by atoms with Crippen LogP contribution in [0.2, 0.25) is 0 Å². The van der Waals surface area contributed by atoms with Crippen molar-refractivity contribution in [1.29, 1.82) is 0 Å². The number of carbonyl (C=O) groups excluding carboxylic acids is 1. The highest BCUT2D eigenvalue weighted by molar-refractivity contribution is 7.86. The third-order valence-corrected chi connectivity index (χ3v) is 4.61. The number of anilines is 1. The molecule has 0 heterocycles. The number of amides is 2. The Morgan fingerprint density at radius 2 is 1.75 bits per heavy atom. The number of hydrogen-bond donors (Lipinski definition) is 1. The first-order valence-electron chi connectivity index (χ1n) is 9.63. The lowest BCUT2D eigenvalue weighted by Gasteiger charge is -2.32. The Morgan fingerprint density at radius 1 is 1.18 bits per heavy atom. The van der Waals surface area contributed by atoms with Crippen molar-refractivity contribution in [3.05, 3.63) is 23.8 Å². The molecule has 0 bridgehead atoms. The van der Waals surface area contributed by atoms with Gasteiger partial charge in [-0.2, -0.15) is 8.42 Å². The van der Waals surface area contributed by atoms with Gasteiger partial charge in [0.15, 0.2) is 0 Å². The van der Waals surface area contributed by atoms with Crippen LogP contribution < -0.4 is 14.4 Å². The summed E-state index contributed by atoms with van der Waals surface area (Å²) in [6, 6.07) is 5.20. The zero-order chi connectivity index (χ0) is 21.7. The maximum atomic E-state index is 12.7. The molecular weight excluding hydrogens is 378 g/mol. The Kier molecular flexibility index (Phi) is 8.16. The van der Waals surface area contributed by atoms with Crippen LogP contribution in [0.15, 0.2) is 18.2 Å². The van der Waals surface area contributed by atoms with E-state index in [4.69, 9.17) is 4.18 Å². The SMILES string of the molecule is CCN(CC)c1ccc(CN(C(=O)NC(C)(C)C)C(C)C)c(OS(C)(=O)=O)c1. The summed E-state index contributed by atoms with van der Waals surface area (Å²) in [5, 5.41) is 2.96. The molecule has 1 rings (SSSR count). The number of rotatable bonds is 8. The molecule has 28 heavy (non-hydrogen) atoms. The van der Waals surface area contributed by atoms with Gasteiger partial charge in [-0.15, -0.1) is 0 Å². The van der Waals surface area contributed by atoms with Crippen LogP contribution in [0.5, 0.6) is 5.75 Å². The van der Waals surface area contributed by atoms with Gasteiger partial charge >= 0.3 is 16.1 Å². The molecule has 0 aliphatic rings. The van der Waals surface area contributed by atoms with Crippen LogP contribution in [-0.4, -0.2) is 50.3 Å². The minimum atomic E-state index is -3.70. The van der Waals surface area contributed by atoms with Crippen molar-refractivity contribution in [2.24, 2.45) is 0 Å². The van der Waals surface area contributed by atoms with Crippen molar-refractivity contribution in [1.82, 2.24) is 10.2 Å². The smallest absolute Gasteiger partial charge is 0.318 e. The molecule has 0 aliphatic carbocycles. The summed E-state index contributed by atoms with van der Waals surface area (Å²) in [5.41, 5.74) is 1.14. The molecule has 0 aliphatic heterocycles. The molecule has 2 amide bonds. The molecule has 0 unspecified atom stereocenters. The zero-order valence-corrected chi connectivity index (χ0v) is 19.2. The van der Waals surface area contributed by atoms with Crippen LogP contribution >= 0.6 is 0 Å². The number of urea groups is 1. The Labute approximate surface area is 170 Å². The highest BCUT2D eigenvalue weighted by Crippen LogP contribution is 2.29. The predicted octanol–water partition coefficient (Wildman–Crippen LogP) is 3.59. The second-order valence-corrected chi connectivity index (χ2v) is 9.73. The highest BCUT2D eigenvalue weighted by Gasteiger charge is 2.24. The Morgan fingerprint density at radius 3 is 2.18 bits per heavy atom. The molecule has 1 aromatic carbocycles. The van der Waals surface area contributed by atoms with E-state index in [1.807, 2.05) is 60.6 Å². The van der Waals surface area contributed by atoms with Gasteiger partial charge in [-0.05, 0) is 54.5 Å². The molecular formula is C20H35N3O4S. The maximum absolute atomic E-state index is 12.7. The molecule has 8 heteroatoms. The fraction of sp³-hybridized carbons (Fsp3) is 0.650. The molecule has 0 fully saturated rings. The number of hydrogen-bond acceptors (Lipinski definition) is 5. The van der Waals surface area contributed by atoms with Crippen molar-refractivity contribution in [3.63, 3.8) is 0 Å². The molecule has 0 saturated carbocycles. The van der Waals surface area contributed by atoms with Gasteiger partial charge < -0.3 is 19.3 Å². The fourth-order valence-electron chi connectivity index (χ4n) is 2.76. The molecule has 0 saturated heterocycles. The van der Waals surface area contributed by atoms with Crippen LogP contribution in [-0.2, 0) is 16.7 Å². The second kappa shape index (κ2) is 9.49. The minimum Gasteiger partial charge on any atom is -0.382 e. The van der Waals surface area contributed by atoms with E-state index in [0.29, 0.717) is 5.56 Å². The maximum Gasteiger partial charge on any atom is 0.318 e. The van der Waals surface area contributed by atoms with E-state index in [1.165, 1.54) is 0 Å². The molecule has 1 aromatic rings. The number of benzene rings is 1.